The number of hydrogen-bond donors (Lipinski definition) is 2. The van der Waals surface area contributed by atoms with Crippen LogP contribution >= 0.6 is 11.6 Å². The van der Waals surface area contributed by atoms with E-state index in [-0.39, 0.29) is 24.7 Å². The number of nitrogens with one attached hydrogen (secondary N) is 1. The number of hydrogen-bond acceptors (Lipinski definition) is 4. The number of ether oxygens (including phenoxy) is 2. The summed E-state index contributed by atoms with van der Waals surface area (Å²) in [6.45, 7) is 5.22. The smallest absolute Gasteiger partial charge is 0.258 e. The zero-order valence-electron chi connectivity index (χ0n) is 12.1. The Morgan fingerprint density at radius 2 is 2.05 bits per heavy atom. The molecule has 5 nitrogen and oxygen atoms in total. The second-order valence-electron chi connectivity index (χ2n) is 5.34. The van der Waals surface area contributed by atoms with Gasteiger partial charge in [-0.15, -0.1) is 0 Å². The first kappa shape index (κ1) is 16.6. The van der Waals surface area contributed by atoms with Gasteiger partial charge in [0.2, 0.25) is 0 Å². The fourth-order valence-corrected chi connectivity index (χ4v) is 1.88. The summed E-state index contributed by atoms with van der Waals surface area (Å²) in [5.41, 5.74) is 0.141. The first-order valence-electron chi connectivity index (χ1n) is 6.18. The van der Waals surface area contributed by atoms with E-state index < -0.39 is 0 Å². The molecule has 0 bridgehead atoms. The first-order valence-corrected chi connectivity index (χ1v) is 6.55. The third-order valence-corrected chi connectivity index (χ3v) is 2.57. The van der Waals surface area contributed by atoms with Crippen LogP contribution < -0.4 is 14.8 Å². The van der Waals surface area contributed by atoms with Gasteiger partial charge in [0, 0.05) is 22.2 Å². The van der Waals surface area contributed by atoms with Crippen LogP contribution in [0, 0.1) is 0 Å². The number of halogens is 1. The van der Waals surface area contributed by atoms with Crippen molar-refractivity contribution >= 4 is 17.5 Å². The van der Waals surface area contributed by atoms with Crippen LogP contribution in [0.1, 0.15) is 26.3 Å². The monoisotopic (exact) mass is 301 g/mol. The van der Waals surface area contributed by atoms with E-state index in [1.165, 1.54) is 7.11 Å². The molecule has 0 atom stereocenters. The minimum atomic E-state index is -0.329. The summed E-state index contributed by atoms with van der Waals surface area (Å²) in [4.78, 5) is 11.7. The van der Waals surface area contributed by atoms with Crippen molar-refractivity contribution < 1.29 is 19.4 Å². The summed E-state index contributed by atoms with van der Waals surface area (Å²) < 4.78 is 10.6. The Morgan fingerprint density at radius 1 is 1.40 bits per heavy atom. The molecule has 0 radical (unpaired) electrons. The van der Waals surface area contributed by atoms with Crippen LogP contribution in [0.3, 0.4) is 0 Å². The van der Waals surface area contributed by atoms with Gasteiger partial charge in [-0.25, -0.2) is 0 Å². The Morgan fingerprint density at radius 3 is 2.55 bits per heavy atom. The predicted octanol–water partition coefficient (Wildman–Crippen LogP) is 2.13. The zero-order valence-corrected chi connectivity index (χ0v) is 12.9. The van der Waals surface area contributed by atoms with Crippen molar-refractivity contribution in [1.82, 2.24) is 5.32 Å². The van der Waals surface area contributed by atoms with Crippen LogP contribution in [-0.2, 0) is 11.4 Å². The standard InChI is InChI=1S/C14H20ClNO4/c1-14(2,3)16-12(18)8-20-13-9(7-17)5-10(15)6-11(13)19-4/h5-6,17H,7-8H2,1-4H3,(H,16,18). The molecule has 0 fully saturated rings. The molecule has 0 spiro atoms. The van der Waals surface area contributed by atoms with Gasteiger partial charge < -0.3 is 19.9 Å². The lowest BCUT2D eigenvalue weighted by Crippen LogP contribution is -2.43. The first-order chi connectivity index (χ1) is 9.26. The molecule has 0 aliphatic rings. The lowest BCUT2D eigenvalue weighted by atomic mass is 10.1. The second-order valence-corrected chi connectivity index (χ2v) is 5.78. The average Bonchev–Trinajstić information content (AvgIpc) is 2.33. The van der Waals surface area contributed by atoms with Gasteiger partial charge in [0.1, 0.15) is 0 Å². The maximum Gasteiger partial charge on any atom is 0.258 e. The van der Waals surface area contributed by atoms with Crippen LogP contribution in [0.2, 0.25) is 5.02 Å². The summed E-state index contributed by atoms with van der Waals surface area (Å²) >= 11 is 5.90. The molecule has 1 amide bonds. The number of benzene rings is 1. The number of methoxy groups -OCH3 is 1. The molecule has 0 aromatic heterocycles. The van der Waals surface area contributed by atoms with Crippen molar-refractivity contribution in [3.05, 3.63) is 22.7 Å². The summed E-state index contributed by atoms with van der Waals surface area (Å²) in [6, 6.07) is 3.14. The third-order valence-electron chi connectivity index (χ3n) is 2.35. The highest BCUT2D eigenvalue weighted by molar-refractivity contribution is 6.30. The van der Waals surface area contributed by atoms with Crippen molar-refractivity contribution in [3.8, 4) is 11.5 Å². The molecule has 0 saturated carbocycles. The van der Waals surface area contributed by atoms with Gasteiger partial charge >= 0.3 is 0 Å². The molecule has 0 aliphatic heterocycles. The van der Waals surface area contributed by atoms with E-state index in [1.54, 1.807) is 12.1 Å². The molecule has 6 heteroatoms. The van der Waals surface area contributed by atoms with Gasteiger partial charge in [-0.2, -0.15) is 0 Å². The molecule has 20 heavy (non-hydrogen) atoms. The fraction of sp³-hybridized carbons (Fsp3) is 0.500. The van der Waals surface area contributed by atoms with Gasteiger partial charge in [-0.05, 0) is 26.8 Å². The molecule has 0 heterocycles. The molecule has 1 aromatic carbocycles. The zero-order chi connectivity index (χ0) is 15.3. The largest absolute Gasteiger partial charge is 0.493 e. The van der Waals surface area contributed by atoms with Crippen LogP contribution in [0.4, 0.5) is 0 Å². The Kier molecular flexibility index (Phi) is 5.65. The summed E-state index contributed by atoms with van der Waals surface area (Å²) in [7, 11) is 1.47. The molecule has 0 aliphatic carbocycles. The summed E-state index contributed by atoms with van der Waals surface area (Å²) in [5, 5.41) is 12.5. The topological polar surface area (TPSA) is 67.8 Å². The molecule has 112 valence electrons. The number of aliphatic hydroxyl groups is 1. The molecule has 1 rings (SSSR count). The van der Waals surface area contributed by atoms with E-state index in [1.807, 2.05) is 20.8 Å². The van der Waals surface area contributed by atoms with E-state index in [0.29, 0.717) is 22.1 Å². The van der Waals surface area contributed by atoms with Gasteiger partial charge in [0.15, 0.2) is 18.1 Å². The highest BCUT2D eigenvalue weighted by Gasteiger charge is 2.17. The van der Waals surface area contributed by atoms with Crippen molar-refractivity contribution in [2.45, 2.75) is 32.9 Å². The highest BCUT2D eigenvalue weighted by atomic mass is 35.5. The molecule has 2 N–H and O–H groups in total. The van der Waals surface area contributed by atoms with Gasteiger partial charge in [0.05, 0.1) is 13.7 Å². The maximum atomic E-state index is 11.7. The van der Waals surface area contributed by atoms with Crippen molar-refractivity contribution in [2.75, 3.05) is 13.7 Å². The molecule has 0 unspecified atom stereocenters. The lowest BCUT2D eigenvalue weighted by molar-refractivity contribution is -0.124. The summed E-state index contributed by atoms with van der Waals surface area (Å²) in [5.74, 6) is 0.451. The molecule has 1 aromatic rings. The summed E-state index contributed by atoms with van der Waals surface area (Å²) in [6.07, 6.45) is 0. The van der Waals surface area contributed by atoms with E-state index >= 15 is 0 Å². The Hall–Kier alpha value is -1.46. The van der Waals surface area contributed by atoms with E-state index in [2.05, 4.69) is 5.32 Å². The van der Waals surface area contributed by atoms with Crippen molar-refractivity contribution in [3.63, 3.8) is 0 Å². The highest BCUT2D eigenvalue weighted by Crippen LogP contribution is 2.34. The van der Waals surface area contributed by atoms with Crippen molar-refractivity contribution in [2.24, 2.45) is 0 Å². The third kappa shape index (κ3) is 4.90. The van der Waals surface area contributed by atoms with Gasteiger partial charge in [-0.3, -0.25) is 4.79 Å². The Bertz CT molecular complexity index is 458. The average molecular weight is 302 g/mol. The molecular formula is C14H20ClNO4. The van der Waals surface area contributed by atoms with Crippen LogP contribution in [0.15, 0.2) is 12.1 Å². The van der Waals surface area contributed by atoms with Gasteiger partial charge in [-0.1, -0.05) is 11.6 Å². The van der Waals surface area contributed by atoms with E-state index in [0.717, 1.165) is 0 Å². The van der Waals surface area contributed by atoms with E-state index in [9.17, 15) is 9.90 Å². The van der Waals surface area contributed by atoms with Crippen LogP contribution in [-0.4, -0.2) is 30.3 Å². The number of carbonyl (C=O) groups excluding carboxylic acids is 1. The number of rotatable bonds is 5. The predicted molar refractivity (Wildman–Crippen MR) is 77.3 cm³/mol. The Labute approximate surface area is 123 Å². The minimum absolute atomic E-state index is 0.164. The number of aliphatic hydroxyl groups excluding tert-OH is 1. The van der Waals surface area contributed by atoms with E-state index in [4.69, 9.17) is 21.1 Å². The van der Waals surface area contributed by atoms with Crippen LogP contribution in [0.5, 0.6) is 11.5 Å². The van der Waals surface area contributed by atoms with Gasteiger partial charge in [0.25, 0.3) is 5.91 Å². The normalized spacial score (nSPS) is 11.1. The number of amides is 1. The van der Waals surface area contributed by atoms with Crippen LogP contribution in [0.25, 0.3) is 0 Å². The second kappa shape index (κ2) is 6.81. The fourth-order valence-electron chi connectivity index (χ4n) is 1.65. The number of carbonyl (C=O) groups is 1. The lowest BCUT2D eigenvalue weighted by Gasteiger charge is -2.21. The molecule has 0 saturated heterocycles. The SMILES string of the molecule is COc1cc(Cl)cc(CO)c1OCC(=O)NC(C)(C)C. The minimum Gasteiger partial charge on any atom is -0.493 e. The Balaban J connectivity index is 2.84. The quantitative estimate of drug-likeness (QED) is 0.874. The molecular weight excluding hydrogens is 282 g/mol. The van der Waals surface area contributed by atoms with Crippen molar-refractivity contribution in [1.29, 1.82) is 0 Å². The maximum absolute atomic E-state index is 11.7.